The number of hydrogen-bond acceptors (Lipinski definition) is 6. The highest BCUT2D eigenvalue weighted by atomic mass is 32.1. The molecule has 0 aliphatic carbocycles. The molecule has 0 saturated heterocycles. The van der Waals surface area contributed by atoms with Crippen LogP contribution in [0.2, 0.25) is 0 Å². The molecule has 1 N–H and O–H groups in total. The lowest BCUT2D eigenvalue weighted by molar-refractivity contribution is -0.148. The van der Waals surface area contributed by atoms with E-state index in [9.17, 15) is 14.7 Å². The van der Waals surface area contributed by atoms with Crippen LogP contribution in [-0.2, 0) is 14.3 Å². The van der Waals surface area contributed by atoms with Gasteiger partial charge in [-0.1, -0.05) is 67.0 Å². The van der Waals surface area contributed by atoms with Gasteiger partial charge in [-0.3, -0.25) is 9.59 Å². The fourth-order valence-corrected chi connectivity index (χ4v) is 4.97. The zero-order valence-electron chi connectivity index (χ0n) is 25.3. The average molecular weight is 536 g/mol. The Labute approximate surface area is 230 Å². The van der Waals surface area contributed by atoms with E-state index in [2.05, 4.69) is 18.0 Å². The molecule has 1 aliphatic rings. The van der Waals surface area contributed by atoms with Gasteiger partial charge in [0.15, 0.2) is 0 Å². The molecule has 0 spiro atoms. The van der Waals surface area contributed by atoms with Crippen molar-refractivity contribution in [3.05, 3.63) is 33.3 Å². The van der Waals surface area contributed by atoms with Gasteiger partial charge in [-0.05, 0) is 64.0 Å². The standard InChI is InChI=1S/C27H41NO4S.2C2H6/c1-17-9-8-10-18(2)25(30)20(4)26(31)27(6,7)14-13-24(29)32-23(12-11-17)19(3)15-22-16-33-21(5)28-22;2*1-2/h11,15-16,18,20,23,25,30H,8-10,12-14H2,1-7H3;2*1-2H3/b17-11-,19-15+;;. The Bertz CT molecular complexity index is 884. The van der Waals surface area contributed by atoms with Crippen LogP contribution in [0.4, 0.5) is 0 Å². The quantitative estimate of drug-likeness (QED) is 0.304. The van der Waals surface area contributed by atoms with Gasteiger partial charge in [-0.15, -0.1) is 11.3 Å². The summed E-state index contributed by atoms with van der Waals surface area (Å²) in [6, 6.07) is 0. The number of aliphatic hydroxyl groups is 1. The number of carbonyl (C=O) groups excluding carboxylic acids is 2. The van der Waals surface area contributed by atoms with Crippen molar-refractivity contribution < 1.29 is 19.4 Å². The molecule has 212 valence electrons. The molecule has 6 heteroatoms. The van der Waals surface area contributed by atoms with Crippen LogP contribution in [0, 0.1) is 24.2 Å². The molecule has 0 radical (unpaired) electrons. The van der Waals surface area contributed by atoms with Crippen LogP contribution in [0.25, 0.3) is 6.08 Å². The van der Waals surface area contributed by atoms with Gasteiger partial charge in [0.2, 0.25) is 0 Å². The molecular weight excluding hydrogens is 482 g/mol. The number of aryl methyl sites for hydroxylation is 1. The zero-order chi connectivity index (χ0) is 28.8. The van der Waals surface area contributed by atoms with Gasteiger partial charge in [0.25, 0.3) is 0 Å². The second-order valence-corrected chi connectivity index (χ2v) is 11.4. The normalized spacial score (nSPS) is 27.5. The highest BCUT2D eigenvalue weighted by Crippen LogP contribution is 2.32. The molecule has 2 heterocycles. The number of nitrogens with zero attached hydrogens (tertiary/aromatic N) is 1. The summed E-state index contributed by atoms with van der Waals surface area (Å²) in [5, 5.41) is 13.8. The van der Waals surface area contributed by atoms with Crippen LogP contribution in [-0.4, -0.2) is 34.1 Å². The molecule has 4 atom stereocenters. The van der Waals surface area contributed by atoms with Gasteiger partial charge in [-0.25, -0.2) is 4.98 Å². The largest absolute Gasteiger partial charge is 0.457 e. The molecule has 1 aromatic heterocycles. The van der Waals surface area contributed by atoms with E-state index in [0.29, 0.717) is 12.8 Å². The zero-order valence-corrected chi connectivity index (χ0v) is 26.1. The third-order valence-corrected chi connectivity index (χ3v) is 7.63. The summed E-state index contributed by atoms with van der Waals surface area (Å²) in [5.41, 5.74) is 2.38. The number of rotatable bonds is 2. The van der Waals surface area contributed by atoms with Crippen molar-refractivity contribution in [2.75, 3.05) is 0 Å². The third kappa shape index (κ3) is 12.1. The summed E-state index contributed by atoms with van der Waals surface area (Å²) in [6.45, 7) is 21.6. The highest BCUT2D eigenvalue weighted by Gasteiger charge is 2.36. The molecule has 0 bridgehead atoms. The first kappa shape index (κ1) is 35.2. The molecule has 0 saturated carbocycles. The van der Waals surface area contributed by atoms with Crippen LogP contribution in [0.5, 0.6) is 0 Å². The van der Waals surface area contributed by atoms with Crippen molar-refractivity contribution in [1.82, 2.24) is 4.98 Å². The van der Waals surface area contributed by atoms with Crippen molar-refractivity contribution in [2.24, 2.45) is 17.3 Å². The first-order chi connectivity index (χ1) is 17.4. The van der Waals surface area contributed by atoms with Gasteiger partial charge >= 0.3 is 5.97 Å². The number of cyclic esters (lactones) is 1. The summed E-state index contributed by atoms with van der Waals surface area (Å²) in [5.74, 6) is -0.716. The molecule has 5 nitrogen and oxygen atoms in total. The summed E-state index contributed by atoms with van der Waals surface area (Å²) in [6.07, 6.45) is 7.01. The number of hydrogen-bond donors (Lipinski definition) is 1. The minimum Gasteiger partial charge on any atom is -0.457 e. The second kappa shape index (κ2) is 17.7. The SMILES string of the molecule is C/C1=C/CC(/C(C)=C/c2csc(C)n2)OC(=O)CCC(C)(C)C(=O)C(C)C(O)C(C)CCC1.CC.CC. The molecule has 1 aromatic rings. The van der Waals surface area contributed by atoms with Crippen LogP contribution in [0.1, 0.15) is 118 Å². The highest BCUT2D eigenvalue weighted by molar-refractivity contribution is 7.09. The lowest BCUT2D eigenvalue weighted by atomic mass is 9.74. The van der Waals surface area contributed by atoms with Crippen LogP contribution in [0.15, 0.2) is 22.6 Å². The predicted octanol–water partition coefficient (Wildman–Crippen LogP) is 8.35. The molecule has 4 unspecified atom stereocenters. The number of ether oxygens (including phenoxy) is 1. The fraction of sp³-hybridized carbons (Fsp3) is 0.710. The second-order valence-electron chi connectivity index (χ2n) is 10.3. The topological polar surface area (TPSA) is 76.5 Å². The van der Waals surface area contributed by atoms with Crippen molar-refractivity contribution in [3.63, 3.8) is 0 Å². The molecule has 0 fully saturated rings. The Hall–Kier alpha value is -1.79. The summed E-state index contributed by atoms with van der Waals surface area (Å²) < 4.78 is 5.90. The lowest BCUT2D eigenvalue weighted by Crippen LogP contribution is -2.39. The number of allylic oxidation sites excluding steroid dienone is 1. The molecule has 2 rings (SSSR count). The van der Waals surface area contributed by atoms with E-state index in [1.807, 2.05) is 80.7 Å². The minimum atomic E-state index is -0.703. The van der Waals surface area contributed by atoms with Crippen molar-refractivity contribution >= 4 is 29.2 Å². The summed E-state index contributed by atoms with van der Waals surface area (Å²) in [7, 11) is 0. The van der Waals surface area contributed by atoms with Crippen LogP contribution < -0.4 is 0 Å². The molecular formula is C31H53NO4S. The van der Waals surface area contributed by atoms with E-state index in [4.69, 9.17) is 4.74 Å². The Morgan fingerprint density at radius 3 is 2.32 bits per heavy atom. The van der Waals surface area contributed by atoms with Gasteiger partial charge in [-0.2, -0.15) is 0 Å². The van der Waals surface area contributed by atoms with Crippen LogP contribution in [0.3, 0.4) is 0 Å². The van der Waals surface area contributed by atoms with Crippen LogP contribution >= 0.6 is 11.3 Å². The number of aromatic nitrogens is 1. The van der Waals surface area contributed by atoms with Crippen molar-refractivity contribution in [2.45, 2.75) is 127 Å². The van der Waals surface area contributed by atoms with Crippen molar-refractivity contribution in [3.8, 4) is 0 Å². The number of Topliss-reactive ketones (excluding diaryl/α,β-unsaturated/α-hetero) is 1. The Morgan fingerprint density at radius 2 is 1.76 bits per heavy atom. The molecule has 37 heavy (non-hydrogen) atoms. The predicted molar refractivity (Wildman–Crippen MR) is 158 cm³/mol. The smallest absolute Gasteiger partial charge is 0.306 e. The van der Waals surface area contributed by atoms with E-state index in [1.54, 1.807) is 11.3 Å². The van der Waals surface area contributed by atoms with Gasteiger partial charge in [0, 0.05) is 29.6 Å². The summed E-state index contributed by atoms with van der Waals surface area (Å²) in [4.78, 5) is 30.4. The molecule has 0 amide bonds. The number of carbonyl (C=O) groups is 2. The Morgan fingerprint density at radius 1 is 1.14 bits per heavy atom. The minimum absolute atomic E-state index is 0.00403. The Kier molecular flexibility index (Phi) is 16.8. The van der Waals surface area contributed by atoms with E-state index < -0.39 is 17.4 Å². The van der Waals surface area contributed by atoms with E-state index in [0.717, 1.165) is 35.5 Å². The monoisotopic (exact) mass is 535 g/mol. The number of aliphatic hydroxyl groups excluding tert-OH is 1. The molecule has 0 aromatic carbocycles. The van der Waals surface area contributed by atoms with E-state index in [1.165, 1.54) is 5.57 Å². The maximum absolute atomic E-state index is 13.1. The van der Waals surface area contributed by atoms with Gasteiger partial charge in [0.05, 0.1) is 16.8 Å². The number of ketones is 1. The maximum atomic E-state index is 13.1. The third-order valence-electron chi connectivity index (χ3n) is 6.83. The first-order valence-electron chi connectivity index (χ1n) is 14.1. The maximum Gasteiger partial charge on any atom is 0.306 e. The number of thiazole rings is 1. The van der Waals surface area contributed by atoms with Gasteiger partial charge in [0.1, 0.15) is 11.9 Å². The summed E-state index contributed by atoms with van der Waals surface area (Å²) >= 11 is 1.60. The Balaban J connectivity index is 0.00000308. The average Bonchev–Trinajstić information content (AvgIpc) is 3.29. The van der Waals surface area contributed by atoms with E-state index >= 15 is 0 Å². The lowest BCUT2D eigenvalue weighted by Gasteiger charge is -2.31. The molecule has 1 aliphatic heterocycles. The first-order valence-corrected chi connectivity index (χ1v) is 15.0. The number of esters is 1. The van der Waals surface area contributed by atoms with Crippen molar-refractivity contribution in [1.29, 1.82) is 0 Å². The fourth-order valence-electron chi connectivity index (χ4n) is 4.40. The van der Waals surface area contributed by atoms with E-state index in [-0.39, 0.29) is 30.2 Å². The van der Waals surface area contributed by atoms with Gasteiger partial charge < -0.3 is 9.84 Å².